The highest BCUT2D eigenvalue weighted by Crippen LogP contribution is 2.40. The van der Waals surface area contributed by atoms with Crippen LogP contribution in [0.25, 0.3) is 0 Å². The van der Waals surface area contributed by atoms with E-state index < -0.39 is 23.4 Å². The van der Waals surface area contributed by atoms with Gasteiger partial charge >= 0.3 is 6.18 Å². The van der Waals surface area contributed by atoms with Gasteiger partial charge in [-0.1, -0.05) is 25.5 Å². The number of rotatable bonds is 6. The number of allylic oxidation sites excluding steroid dienone is 2. The second-order valence-corrected chi connectivity index (χ2v) is 6.91. The van der Waals surface area contributed by atoms with E-state index >= 15 is 0 Å². The van der Waals surface area contributed by atoms with Gasteiger partial charge in [0.1, 0.15) is 17.2 Å². The summed E-state index contributed by atoms with van der Waals surface area (Å²) in [4.78, 5) is 0. The summed E-state index contributed by atoms with van der Waals surface area (Å²) in [6, 6.07) is 1.73. The molecule has 1 saturated carbocycles. The minimum absolute atomic E-state index is 0.0573. The molecule has 0 atom stereocenters. The molecule has 0 nitrogen and oxygen atoms in total. The fraction of sp³-hybridized carbons (Fsp3) is 0.600. The van der Waals surface area contributed by atoms with Gasteiger partial charge in [-0.25, -0.2) is 8.78 Å². The Bertz CT molecular complexity index is 557. The van der Waals surface area contributed by atoms with Crippen LogP contribution in [0.1, 0.15) is 75.3 Å². The third-order valence-corrected chi connectivity index (χ3v) is 5.03. The van der Waals surface area contributed by atoms with E-state index in [0.717, 1.165) is 63.5 Å². The van der Waals surface area contributed by atoms with Crippen LogP contribution in [0.5, 0.6) is 0 Å². The first kappa shape index (κ1) is 19.9. The van der Waals surface area contributed by atoms with Crippen LogP contribution < -0.4 is 0 Å². The maximum atomic E-state index is 13.7. The molecule has 0 unspecified atom stereocenters. The van der Waals surface area contributed by atoms with Crippen molar-refractivity contribution >= 4 is 0 Å². The topological polar surface area (TPSA) is 0 Å². The molecule has 0 heterocycles. The average molecular weight is 360 g/mol. The molecule has 1 aromatic carbocycles. The molecule has 0 bridgehead atoms. The van der Waals surface area contributed by atoms with E-state index in [1.54, 1.807) is 0 Å². The lowest BCUT2D eigenvalue weighted by Crippen LogP contribution is -2.16. The minimum atomic E-state index is -5.00. The van der Waals surface area contributed by atoms with Gasteiger partial charge in [0.15, 0.2) is 0 Å². The third kappa shape index (κ3) is 5.55. The Hall–Kier alpha value is -1.39. The first-order chi connectivity index (χ1) is 11.8. The van der Waals surface area contributed by atoms with E-state index in [1.807, 2.05) is 0 Å². The summed E-state index contributed by atoms with van der Waals surface area (Å²) in [5, 5.41) is 0. The second-order valence-electron chi connectivity index (χ2n) is 6.91. The normalized spacial score (nSPS) is 21.8. The van der Waals surface area contributed by atoms with Crippen molar-refractivity contribution in [2.24, 2.45) is 5.92 Å². The Morgan fingerprint density at radius 1 is 0.960 bits per heavy atom. The molecular weight excluding hydrogens is 335 g/mol. The number of unbranched alkanes of at least 4 members (excludes halogenated alkanes) is 1. The van der Waals surface area contributed by atoms with Crippen molar-refractivity contribution in [1.29, 1.82) is 0 Å². The molecule has 1 aliphatic rings. The number of benzene rings is 1. The van der Waals surface area contributed by atoms with Crippen LogP contribution in [0.3, 0.4) is 0 Å². The van der Waals surface area contributed by atoms with Crippen molar-refractivity contribution in [3.63, 3.8) is 0 Å². The maximum absolute atomic E-state index is 13.7. The van der Waals surface area contributed by atoms with Crippen LogP contribution >= 0.6 is 0 Å². The Morgan fingerprint density at radius 3 is 2.04 bits per heavy atom. The summed E-state index contributed by atoms with van der Waals surface area (Å²) < 4.78 is 65.4. The van der Waals surface area contributed by atoms with Crippen LogP contribution in [-0.4, -0.2) is 0 Å². The van der Waals surface area contributed by atoms with Gasteiger partial charge < -0.3 is 0 Å². The Morgan fingerprint density at radius 2 is 1.52 bits per heavy atom. The maximum Gasteiger partial charge on any atom is 0.422 e. The second kappa shape index (κ2) is 8.81. The van der Waals surface area contributed by atoms with E-state index in [-0.39, 0.29) is 5.92 Å². The monoisotopic (exact) mass is 360 g/mol. The molecule has 0 aliphatic heterocycles. The number of hydrogen-bond donors (Lipinski definition) is 0. The summed E-state index contributed by atoms with van der Waals surface area (Å²) in [6.45, 7) is 2.14. The van der Waals surface area contributed by atoms with Gasteiger partial charge in [0.2, 0.25) is 0 Å². The average Bonchev–Trinajstić information content (AvgIpc) is 2.53. The molecule has 5 heteroatoms. The van der Waals surface area contributed by atoms with Gasteiger partial charge in [0, 0.05) is 0 Å². The lowest BCUT2D eigenvalue weighted by molar-refractivity contribution is -0.142. The predicted octanol–water partition coefficient (Wildman–Crippen LogP) is 7.39. The van der Waals surface area contributed by atoms with E-state index in [0.29, 0.717) is 11.5 Å². The SMILES string of the molecule is CCCC=CCCC1CCC(c2cc(F)c(C(F)(F)F)c(F)c2)CC1. The molecule has 0 aromatic heterocycles. The summed E-state index contributed by atoms with van der Waals surface area (Å²) in [5.41, 5.74) is -1.44. The van der Waals surface area contributed by atoms with Gasteiger partial charge in [-0.05, 0) is 74.5 Å². The molecule has 1 aromatic rings. The first-order valence-corrected chi connectivity index (χ1v) is 9.04. The molecule has 0 amide bonds. The fourth-order valence-corrected chi connectivity index (χ4v) is 3.62. The zero-order valence-electron chi connectivity index (χ0n) is 14.5. The van der Waals surface area contributed by atoms with Gasteiger partial charge in [-0.15, -0.1) is 0 Å². The van der Waals surface area contributed by atoms with Crippen LogP contribution in [0.4, 0.5) is 22.0 Å². The van der Waals surface area contributed by atoms with Gasteiger partial charge in [-0.2, -0.15) is 13.2 Å². The molecule has 0 spiro atoms. The van der Waals surface area contributed by atoms with Crippen molar-refractivity contribution in [3.8, 4) is 0 Å². The van der Waals surface area contributed by atoms with Crippen LogP contribution in [0.2, 0.25) is 0 Å². The summed E-state index contributed by atoms with van der Waals surface area (Å²) >= 11 is 0. The lowest BCUT2D eigenvalue weighted by Gasteiger charge is -2.29. The van der Waals surface area contributed by atoms with Crippen LogP contribution in [-0.2, 0) is 6.18 Å². The van der Waals surface area contributed by atoms with Gasteiger partial charge in [0.05, 0.1) is 0 Å². The van der Waals surface area contributed by atoms with E-state index in [2.05, 4.69) is 19.1 Å². The Kier molecular flexibility index (Phi) is 7.03. The largest absolute Gasteiger partial charge is 0.422 e. The molecule has 0 saturated heterocycles. The molecule has 0 radical (unpaired) electrons. The molecule has 1 aliphatic carbocycles. The third-order valence-electron chi connectivity index (χ3n) is 5.03. The Balaban J connectivity index is 1.93. The van der Waals surface area contributed by atoms with Crippen LogP contribution in [0.15, 0.2) is 24.3 Å². The van der Waals surface area contributed by atoms with E-state index in [1.165, 1.54) is 0 Å². The highest BCUT2D eigenvalue weighted by atomic mass is 19.4. The van der Waals surface area contributed by atoms with Crippen molar-refractivity contribution < 1.29 is 22.0 Å². The van der Waals surface area contributed by atoms with Crippen molar-refractivity contribution in [3.05, 3.63) is 47.0 Å². The first-order valence-electron chi connectivity index (χ1n) is 9.04. The molecule has 1 fully saturated rings. The molecular formula is C20H25F5. The Labute approximate surface area is 146 Å². The molecule has 0 N–H and O–H groups in total. The fourth-order valence-electron chi connectivity index (χ4n) is 3.62. The lowest BCUT2D eigenvalue weighted by atomic mass is 9.77. The van der Waals surface area contributed by atoms with Crippen molar-refractivity contribution in [1.82, 2.24) is 0 Å². The summed E-state index contributed by atoms with van der Waals surface area (Å²) in [5.74, 6) is -2.48. The molecule has 140 valence electrons. The highest BCUT2D eigenvalue weighted by Gasteiger charge is 2.38. The minimum Gasteiger partial charge on any atom is -0.206 e. The summed E-state index contributed by atoms with van der Waals surface area (Å²) in [6.07, 6.45) is 7.22. The molecule has 25 heavy (non-hydrogen) atoms. The van der Waals surface area contributed by atoms with Crippen molar-refractivity contribution in [2.45, 2.75) is 70.4 Å². The number of hydrogen-bond acceptors (Lipinski definition) is 0. The van der Waals surface area contributed by atoms with Gasteiger partial charge in [0.25, 0.3) is 0 Å². The quantitative estimate of drug-likeness (QED) is 0.366. The van der Waals surface area contributed by atoms with Crippen LogP contribution in [0, 0.1) is 17.6 Å². The molecule has 2 rings (SSSR count). The van der Waals surface area contributed by atoms with E-state index in [4.69, 9.17) is 0 Å². The standard InChI is InChI=1S/C20H25F5/c1-2-3-4-5-6-7-14-8-10-15(11-9-14)16-12-17(21)19(18(22)13-16)20(23,24)25/h4-5,12-15H,2-3,6-11H2,1H3. The van der Waals surface area contributed by atoms with E-state index in [9.17, 15) is 22.0 Å². The smallest absolute Gasteiger partial charge is 0.206 e. The van der Waals surface area contributed by atoms with Gasteiger partial charge in [-0.3, -0.25) is 0 Å². The predicted molar refractivity (Wildman–Crippen MR) is 89.3 cm³/mol. The highest BCUT2D eigenvalue weighted by molar-refractivity contribution is 5.30. The zero-order valence-corrected chi connectivity index (χ0v) is 14.5. The van der Waals surface area contributed by atoms with Crippen molar-refractivity contribution in [2.75, 3.05) is 0 Å². The number of halogens is 5. The summed E-state index contributed by atoms with van der Waals surface area (Å²) in [7, 11) is 0. The zero-order chi connectivity index (χ0) is 18.4. The number of alkyl halides is 3.